The van der Waals surface area contributed by atoms with Crippen LogP contribution in [0.2, 0.25) is 0 Å². The molecule has 0 saturated carbocycles. The van der Waals surface area contributed by atoms with Gasteiger partial charge in [-0.15, -0.1) is 0 Å². The third-order valence-electron chi connectivity index (χ3n) is 3.03. The van der Waals surface area contributed by atoms with Gasteiger partial charge in [0.2, 0.25) is 0 Å². The number of carbonyl (C=O) groups is 2. The molecule has 0 amide bonds. The summed E-state index contributed by atoms with van der Waals surface area (Å²) in [6.45, 7) is 8.24. The van der Waals surface area contributed by atoms with Crippen molar-refractivity contribution in [1.82, 2.24) is 0 Å². The average Bonchev–Trinajstić information content (AvgIpc) is 2.44. The molecule has 0 aliphatic carbocycles. The third-order valence-corrected chi connectivity index (χ3v) is 3.03. The van der Waals surface area contributed by atoms with Gasteiger partial charge in [0, 0.05) is 0 Å². The molecule has 110 valence electrons. The topological polar surface area (TPSA) is 52.6 Å². The maximum Gasteiger partial charge on any atom is 0.339 e. The van der Waals surface area contributed by atoms with Crippen molar-refractivity contribution >= 4 is 11.9 Å². The molecular formula is C16H22O4. The van der Waals surface area contributed by atoms with Gasteiger partial charge < -0.3 is 9.47 Å². The minimum absolute atomic E-state index is 0.280. The van der Waals surface area contributed by atoms with Gasteiger partial charge >= 0.3 is 11.9 Å². The average molecular weight is 278 g/mol. The molecule has 0 saturated heterocycles. The Morgan fingerprint density at radius 3 is 2.05 bits per heavy atom. The molecule has 1 rings (SSSR count). The molecule has 1 aromatic rings. The summed E-state index contributed by atoms with van der Waals surface area (Å²) in [7, 11) is 0. The van der Waals surface area contributed by atoms with Crippen molar-refractivity contribution in [2.45, 2.75) is 40.5 Å². The van der Waals surface area contributed by atoms with Gasteiger partial charge in [0.15, 0.2) is 0 Å². The van der Waals surface area contributed by atoms with E-state index in [0.717, 1.165) is 24.0 Å². The molecule has 0 bridgehead atoms. The molecule has 0 aromatic heterocycles. The van der Waals surface area contributed by atoms with Gasteiger partial charge in [0.1, 0.15) is 0 Å². The number of esters is 2. The molecule has 0 N–H and O–H groups in total. The summed E-state index contributed by atoms with van der Waals surface area (Å²) in [5.74, 6) is -0.935. The van der Waals surface area contributed by atoms with Crippen LogP contribution < -0.4 is 0 Å². The second-order valence-electron chi connectivity index (χ2n) is 4.70. The van der Waals surface area contributed by atoms with Crippen molar-refractivity contribution in [3.63, 3.8) is 0 Å². The van der Waals surface area contributed by atoms with Crippen molar-refractivity contribution in [2.75, 3.05) is 13.2 Å². The fourth-order valence-electron chi connectivity index (χ4n) is 1.79. The van der Waals surface area contributed by atoms with E-state index in [1.807, 2.05) is 33.8 Å². The molecule has 0 atom stereocenters. The van der Waals surface area contributed by atoms with Crippen LogP contribution in [0.4, 0.5) is 0 Å². The highest BCUT2D eigenvalue weighted by Crippen LogP contribution is 2.20. The first kappa shape index (κ1) is 16.2. The monoisotopic (exact) mass is 278 g/mol. The van der Waals surface area contributed by atoms with E-state index in [1.165, 1.54) is 0 Å². The fraction of sp³-hybridized carbons (Fsp3) is 0.500. The molecule has 0 aliphatic rings. The zero-order valence-electron chi connectivity index (χ0n) is 12.6. The summed E-state index contributed by atoms with van der Waals surface area (Å²) in [5, 5.41) is 0. The van der Waals surface area contributed by atoms with E-state index < -0.39 is 11.9 Å². The summed E-state index contributed by atoms with van der Waals surface area (Å²) in [6, 6.07) is 3.44. The number of aryl methyl sites for hydroxylation is 1. The smallest absolute Gasteiger partial charge is 0.339 e. The Bertz CT molecular complexity index is 491. The minimum atomic E-state index is -0.474. The normalized spacial score (nSPS) is 10.2. The van der Waals surface area contributed by atoms with Crippen LogP contribution in [0.15, 0.2) is 12.1 Å². The molecule has 0 unspecified atom stereocenters. The van der Waals surface area contributed by atoms with E-state index in [1.54, 1.807) is 6.07 Å². The predicted octanol–water partition coefficient (Wildman–Crippen LogP) is 3.44. The van der Waals surface area contributed by atoms with E-state index in [-0.39, 0.29) is 5.56 Å². The summed E-state index contributed by atoms with van der Waals surface area (Å²) in [6.07, 6.45) is 1.48. The highest BCUT2D eigenvalue weighted by molar-refractivity contribution is 6.04. The number of hydrogen-bond acceptors (Lipinski definition) is 4. The molecular weight excluding hydrogens is 256 g/mol. The Labute approximate surface area is 120 Å². The summed E-state index contributed by atoms with van der Waals surface area (Å²) < 4.78 is 10.3. The molecule has 20 heavy (non-hydrogen) atoms. The van der Waals surface area contributed by atoms with Crippen molar-refractivity contribution in [3.8, 4) is 0 Å². The van der Waals surface area contributed by atoms with Crippen molar-refractivity contribution in [3.05, 3.63) is 34.4 Å². The molecule has 0 heterocycles. The van der Waals surface area contributed by atoms with Gasteiger partial charge in [-0.25, -0.2) is 9.59 Å². The second-order valence-corrected chi connectivity index (χ2v) is 4.70. The summed E-state index contributed by atoms with van der Waals surface area (Å²) in [5.41, 5.74) is 2.31. The molecule has 0 fully saturated rings. The quantitative estimate of drug-likeness (QED) is 0.748. The lowest BCUT2D eigenvalue weighted by Crippen LogP contribution is -2.17. The van der Waals surface area contributed by atoms with Gasteiger partial charge in [-0.1, -0.05) is 19.9 Å². The number of hydrogen-bond donors (Lipinski definition) is 0. The third kappa shape index (κ3) is 3.83. The van der Waals surface area contributed by atoms with Crippen molar-refractivity contribution < 1.29 is 19.1 Å². The van der Waals surface area contributed by atoms with Crippen LogP contribution in [-0.2, 0) is 9.47 Å². The van der Waals surface area contributed by atoms with E-state index >= 15 is 0 Å². The lowest BCUT2D eigenvalue weighted by Gasteiger charge is -2.13. The first-order chi connectivity index (χ1) is 9.52. The Kier molecular flexibility index (Phi) is 6.22. The van der Waals surface area contributed by atoms with E-state index in [4.69, 9.17) is 9.47 Å². The van der Waals surface area contributed by atoms with Gasteiger partial charge in [-0.05, 0) is 43.9 Å². The van der Waals surface area contributed by atoms with E-state index in [0.29, 0.717) is 18.8 Å². The zero-order valence-corrected chi connectivity index (χ0v) is 12.6. The number of rotatable bonds is 6. The summed E-state index contributed by atoms with van der Waals surface area (Å²) >= 11 is 0. The van der Waals surface area contributed by atoms with Crippen LogP contribution in [0.25, 0.3) is 0 Å². The predicted molar refractivity (Wildman–Crippen MR) is 77.1 cm³/mol. The summed E-state index contributed by atoms with van der Waals surface area (Å²) in [4.78, 5) is 24.2. The maximum absolute atomic E-state index is 12.1. The van der Waals surface area contributed by atoms with Crippen LogP contribution in [-0.4, -0.2) is 25.2 Å². The van der Waals surface area contributed by atoms with Crippen LogP contribution in [0.5, 0.6) is 0 Å². The molecule has 1 aromatic carbocycles. The minimum Gasteiger partial charge on any atom is -0.462 e. The van der Waals surface area contributed by atoms with Crippen LogP contribution >= 0.6 is 0 Å². The van der Waals surface area contributed by atoms with Gasteiger partial charge in [0.25, 0.3) is 0 Å². The number of ether oxygens (including phenoxy) is 2. The maximum atomic E-state index is 12.1. The first-order valence-corrected chi connectivity index (χ1v) is 6.97. The molecule has 0 spiro atoms. The highest BCUT2D eigenvalue weighted by Gasteiger charge is 2.22. The first-order valence-electron chi connectivity index (χ1n) is 6.97. The SMILES string of the molecule is CCCOC(=O)c1ccc(C)c(C)c1C(=O)OCCC. The standard InChI is InChI=1S/C16H22O4/c1-5-9-19-15(17)13-8-7-11(3)12(4)14(13)16(18)20-10-6-2/h7-8H,5-6,9-10H2,1-4H3. The number of benzene rings is 1. The Morgan fingerprint density at radius 1 is 0.950 bits per heavy atom. The van der Waals surface area contributed by atoms with Gasteiger partial charge in [-0.3, -0.25) is 0 Å². The van der Waals surface area contributed by atoms with E-state index in [9.17, 15) is 9.59 Å². The van der Waals surface area contributed by atoms with Crippen molar-refractivity contribution in [1.29, 1.82) is 0 Å². The van der Waals surface area contributed by atoms with Gasteiger partial charge in [0.05, 0.1) is 24.3 Å². The van der Waals surface area contributed by atoms with Gasteiger partial charge in [-0.2, -0.15) is 0 Å². The molecule has 4 nitrogen and oxygen atoms in total. The lowest BCUT2D eigenvalue weighted by atomic mass is 9.97. The fourth-order valence-corrected chi connectivity index (χ4v) is 1.79. The lowest BCUT2D eigenvalue weighted by molar-refractivity contribution is 0.0457. The number of carbonyl (C=O) groups excluding carboxylic acids is 2. The highest BCUT2D eigenvalue weighted by atomic mass is 16.5. The van der Waals surface area contributed by atoms with Crippen molar-refractivity contribution in [2.24, 2.45) is 0 Å². The zero-order chi connectivity index (χ0) is 15.1. The van der Waals surface area contributed by atoms with Crippen LogP contribution in [0.1, 0.15) is 58.5 Å². The Balaban J connectivity index is 3.14. The molecule has 0 aliphatic heterocycles. The Hall–Kier alpha value is -1.84. The second kappa shape index (κ2) is 7.68. The Morgan fingerprint density at radius 2 is 1.50 bits per heavy atom. The van der Waals surface area contributed by atoms with E-state index in [2.05, 4.69) is 0 Å². The molecule has 0 radical (unpaired) electrons. The molecule has 4 heteroatoms. The van der Waals surface area contributed by atoms with Crippen LogP contribution in [0.3, 0.4) is 0 Å². The van der Waals surface area contributed by atoms with Crippen LogP contribution in [0, 0.1) is 13.8 Å². The largest absolute Gasteiger partial charge is 0.462 e.